The molecule has 0 heterocycles. The summed E-state index contributed by atoms with van der Waals surface area (Å²) in [6.45, 7) is 7.76. The lowest BCUT2D eigenvalue weighted by Gasteiger charge is -2.20. The summed E-state index contributed by atoms with van der Waals surface area (Å²) in [7, 11) is 1.59. The zero-order valence-corrected chi connectivity index (χ0v) is 13.9. The van der Waals surface area contributed by atoms with Crippen LogP contribution in [0.1, 0.15) is 37.8 Å². The van der Waals surface area contributed by atoms with Crippen LogP contribution in [-0.2, 0) is 9.59 Å². The SMILES string of the molecule is Cc1ccc(C(C)C)c(OCC(=O)N(C)CC(C)C(=O)O)c1. The predicted octanol–water partition coefficient (Wildman–Crippen LogP) is 2.68. The molecule has 0 spiro atoms. The second-order valence-electron chi connectivity index (χ2n) is 6.00. The molecule has 122 valence electrons. The lowest BCUT2D eigenvalue weighted by Crippen LogP contribution is -2.36. The third-order valence-corrected chi connectivity index (χ3v) is 3.54. The molecule has 0 radical (unpaired) electrons. The number of likely N-dealkylation sites (N-methyl/N-ethyl adjacent to an activating group) is 1. The van der Waals surface area contributed by atoms with E-state index < -0.39 is 11.9 Å². The van der Waals surface area contributed by atoms with E-state index in [0.717, 1.165) is 11.1 Å². The Hall–Kier alpha value is -2.04. The van der Waals surface area contributed by atoms with Crippen LogP contribution in [0.25, 0.3) is 0 Å². The van der Waals surface area contributed by atoms with Gasteiger partial charge < -0.3 is 14.7 Å². The third kappa shape index (κ3) is 5.06. The first kappa shape index (κ1) is 18.0. The molecule has 1 unspecified atom stereocenters. The van der Waals surface area contributed by atoms with Crippen molar-refractivity contribution in [1.29, 1.82) is 0 Å². The number of aryl methyl sites for hydroxylation is 1. The van der Waals surface area contributed by atoms with E-state index >= 15 is 0 Å². The molecule has 22 heavy (non-hydrogen) atoms. The summed E-state index contributed by atoms with van der Waals surface area (Å²) in [4.78, 5) is 24.3. The third-order valence-electron chi connectivity index (χ3n) is 3.54. The highest BCUT2D eigenvalue weighted by Gasteiger charge is 2.18. The minimum atomic E-state index is -0.915. The van der Waals surface area contributed by atoms with Gasteiger partial charge in [-0.2, -0.15) is 0 Å². The molecular weight excluding hydrogens is 282 g/mol. The van der Waals surface area contributed by atoms with Crippen LogP contribution in [0.15, 0.2) is 18.2 Å². The Morgan fingerprint density at radius 1 is 1.27 bits per heavy atom. The van der Waals surface area contributed by atoms with Crippen molar-refractivity contribution in [3.05, 3.63) is 29.3 Å². The predicted molar refractivity (Wildman–Crippen MR) is 85.2 cm³/mol. The fourth-order valence-corrected chi connectivity index (χ4v) is 2.08. The maximum absolute atomic E-state index is 12.0. The largest absolute Gasteiger partial charge is 0.483 e. The standard InChI is InChI=1S/C17H25NO4/c1-11(2)14-7-6-12(3)8-15(14)22-10-16(19)18(5)9-13(4)17(20)21/h6-8,11,13H,9-10H2,1-5H3,(H,20,21). The second-order valence-corrected chi connectivity index (χ2v) is 6.00. The van der Waals surface area contributed by atoms with E-state index in [-0.39, 0.29) is 19.1 Å². The van der Waals surface area contributed by atoms with Gasteiger partial charge in [0.25, 0.3) is 5.91 Å². The van der Waals surface area contributed by atoms with Crippen molar-refractivity contribution in [2.75, 3.05) is 20.2 Å². The number of benzene rings is 1. The Morgan fingerprint density at radius 3 is 2.45 bits per heavy atom. The number of carboxylic acid groups (broad SMARTS) is 1. The normalized spacial score (nSPS) is 12.1. The van der Waals surface area contributed by atoms with Crippen LogP contribution in [0.2, 0.25) is 0 Å². The van der Waals surface area contributed by atoms with Crippen LogP contribution in [0, 0.1) is 12.8 Å². The number of amides is 1. The second kappa shape index (κ2) is 7.82. The van der Waals surface area contributed by atoms with Gasteiger partial charge in [0.05, 0.1) is 5.92 Å². The molecule has 0 saturated carbocycles. The molecular formula is C17H25NO4. The molecule has 5 nitrogen and oxygen atoms in total. The maximum atomic E-state index is 12.0. The maximum Gasteiger partial charge on any atom is 0.308 e. The summed E-state index contributed by atoms with van der Waals surface area (Å²) < 4.78 is 5.67. The molecule has 0 bridgehead atoms. The molecule has 1 atom stereocenters. The van der Waals surface area contributed by atoms with Crippen molar-refractivity contribution in [3.8, 4) is 5.75 Å². The van der Waals surface area contributed by atoms with Crippen molar-refractivity contribution >= 4 is 11.9 Å². The van der Waals surface area contributed by atoms with Gasteiger partial charge in [-0.15, -0.1) is 0 Å². The summed E-state index contributed by atoms with van der Waals surface area (Å²) in [5.41, 5.74) is 2.12. The molecule has 0 aromatic heterocycles. The minimum absolute atomic E-state index is 0.0913. The molecule has 0 aliphatic rings. The van der Waals surface area contributed by atoms with Crippen molar-refractivity contribution in [1.82, 2.24) is 4.90 Å². The van der Waals surface area contributed by atoms with Gasteiger partial charge in [0.1, 0.15) is 5.75 Å². The van der Waals surface area contributed by atoms with Gasteiger partial charge in [-0.25, -0.2) is 0 Å². The number of nitrogens with zero attached hydrogens (tertiary/aromatic N) is 1. The van der Waals surface area contributed by atoms with Crippen molar-refractivity contribution in [2.45, 2.75) is 33.6 Å². The Labute approximate surface area is 131 Å². The van der Waals surface area contributed by atoms with Crippen LogP contribution in [-0.4, -0.2) is 42.1 Å². The van der Waals surface area contributed by atoms with E-state index in [4.69, 9.17) is 9.84 Å². The fourth-order valence-electron chi connectivity index (χ4n) is 2.08. The number of carbonyl (C=O) groups excluding carboxylic acids is 1. The van der Waals surface area contributed by atoms with E-state index in [1.807, 2.05) is 25.1 Å². The number of aliphatic carboxylic acids is 1. The van der Waals surface area contributed by atoms with Crippen LogP contribution in [0.4, 0.5) is 0 Å². The van der Waals surface area contributed by atoms with Gasteiger partial charge >= 0.3 is 5.97 Å². The highest BCUT2D eigenvalue weighted by Crippen LogP contribution is 2.27. The van der Waals surface area contributed by atoms with E-state index in [9.17, 15) is 9.59 Å². The fraction of sp³-hybridized carbons (Fsp3) is 0.529. The monoisotopic (exact) mass is 307 g/mol. The Bertz CT molecular complexity index is 539. The zero-order valence-electron chi connectivity index (χ0n) is 13.9. The summed E-state index contributed by atoms with van der Waals surface area (Å²) >= 11 is 0. The number of hydrogen-bond donors (Lipinski definition) is 1. The first-order chi connectivity index (χ1) is 10.2. The average Bonchev–Trinajstić information content (AvgIpc) is 2.43. The molecule has 0 aliphatic heterocycles. The molecule has 1 aromatic rings. The van der Waals surface area contributed by atoms with E-state index in [1.165, 1.54) is 4.90 Å². The first-order valence-corrected chi connectivity index (χ1v) is 7.42. The Balaban J connectivity index is 2.68. The summed E-state index contributed by atoms with van der Waals surface area (Å²) in [6.07, 6.45) is 0. The van der Waals surface area contributed by atoms with Gasteiger partial charge in [-0.3, -0.25) is 9.59 Å². The molecule has 1 aromatic carbocycles. The topological polar surface area (TPSA) is 66.8 Å². The van der Waals surface area contributed by atoms with Crippen LogP contribution >= 0.6 is 0 Å². The summed E-state index contributed by atoms with van der Waals surface area (Å²) in [5.74, 6) is -0.733. The first-order valence-electron chi connectivity index (χ1n) is 7.42. The highest BCUT2D eigenvalue weighted by molar-refractivity contribution is 5.78. The Morgan fingerprint density at radius 2 is 1.91 bits per heavy atom. The smallest absolute Gasteiger partial charge is 0.308 e. The number of carbonyl (C=O) groups is 2. The molecule has 0 fully saturated rings. The lowest BCUT2D eigenvalue weighted by atomic mass is 10.0. The van der Waals surface area contributed by atoms with Crippen LogP contribution < -0.4 is 4.74 Å². The lowest BCUT2D eigenvalue weighted by molar-refractivity contribution is -0.143. The quantitative estimate of drug-likeness (QED) is 0.841. The molecule has 0 aliphatic carbocycles. The molecule has 1 N–H and O–H groups in total. The van der Waals surface area contributed by atoms with Crippen molar-refractivity contribution < 1.29 is 19.4 Å². The van der Waals surface area contributed by atoms with E-state index in [1.54, 1.807) is 14.0 Å². The summed E-state index contributed by atoms with van der Waals surface area (Å²) in [6, 6.07) is 5.95. The summed E-state index contributed by atoms with van der Waals surface area (Å²) in [5, 5.41) is 8.88. The number of hydrogen-bond acceptors (Lipinski definition) is 3. The van der Waals surface area contributed by atoms with Gasteiger partial charge in [0.15, 0.2) is 6.61 Å². The number of carboxylic acids is 1. The molecule has 1 rings (SSSR count). The molecule has 1 amide bonds. The number of ether oxygens (including phenoxy) is 1. The van der Waals surface area contributed by atoms with Crippen molar-refractivity contribution in [3.63, 3.8) is 0 Å². The molecule has 5 heteroatoms. The van der Waals surface area contributed by atoms with Gasteiger partial charge in [0.2, 0.25) is 0 Å². The van der Waals surface area contributed by atoms with E-state index in [0.29, 0.717) is 11.7 Å². The zero-order chi connectivity index (χ0) is 16.9. The average molecular weight is 307 g/mol. The highest BCUT2D eigenvalue weighted by atomic mass is 16.5. The Kier molecular flexibility index (Phi) is 6.40. The van der Waals surface area contributed by atoms with Crippen molar-refractivity contribution in [2.24, 2.45) is 5.92 Å². The number of rotatable bonds is 7. The van der Waals surface area contributed by atoms with Crippen LogP contribution in [0.5, 0.6) is 5.75 Å². The van der Waals surface area contributed by atoms with E-state index in [2.05, 4.69) is 13.8 Å². The minimum Gasteiger partial charge on any atom is -0.483 e. The van der Waals surface area contributed by atoms with Gasteiger partial charge in [-0.1, -0.05) is 32.9 Å². The van der Waals surface area contributed by atoms with Gasteiger partial charge in [0, 0.05) is 13.6 Å². The molecule has 0 saturated heterocycles. The van der Waals surface area contributed by atoms with Crippen LogP contribution in [0.3, 0.4) is 0 Å². The van der Waals surface area contributed by atoms with Gasteiger partial charge in [-0.05, 0) is 30.0 Å².